The molecule has 0 aliphatic rings. The van der Waals surface area contributed by atoms with Gasteiger partial charge in [-0.05, 0) is 18.2 Å². The molecule has 2 N–H and O–H groups in total. The predicted molar refractivity (Wildman–Crippen MR) is 61.4 cm³/mol. The normalized spacial score (nSPS) is 9.47. The molecule has 6 nitrogen and oxygen atoms in total. The molecule has 2 aromatic heterocycles. The average Bonchev–Trinajstić information content (AvgIpc) is 2.38. The van der Waals surface area contributed by atoms with E-state index < -0.39 is 11.9 Å². The first kappa shape index (κ1) is 14.9. The summed E-state index contributed by atoms with van der Waals surface area (Å²) in [5.74, 6) is -2.66. The maximum Gasteiger partial charge on any atom is 0.338 e. The molecule has 7 heteroatoms. The monoisotopic (exact) mass is 346 g/mol. The molecule has 0 atom stereocenters. The van der Waals surface area contributed by atoms with Gasteiger partial charge in [0.15, 0.2) is 0 Å². The van der Waals surface area contributed by atoms with E-state index in [9.17, 15) is 9.59 Å². The molecule has 2 heterocycles. The fraction of sp³-hybridized carbons (Fsp3) is 0. The van der Waals surface area contributed by atoms with Gasteiger partial charge in [0.2, 0.25) is 0 Å². The van der Waals surface area contributed by atoms with Gasteiger partial charge >= 0.3 is 11.9 Å². The van der Waals surface area contributed by atoms with Crippen molar-refractivity contribution >= 4 is 11.9 Å². The Morgan fingerprint density at radius 1 is 0.947 bits per heavy atom. The molecule has 0 bridgehead atoms. The largest absolute Gasteiger partial charge is 0.478 e. The molecule has 98 valence electrons. The van der Waals surface area contributed by atoms with Gasteiger partial charge in [-0.2, -0.15) is 0 Å². The molecule has 2 aromatic rings. The average molecular weight is 345 g/mol. The summed E-state index contributed by atoms with van der Waals surface area (Å²) in [6, 6.07) is 6.06. The summed E-state index contributed by atoms with van der Waals surface area (Å²) in [5.41, 5.74) is -0.303. The molecule has 0 fully saturated rings. The van der Waals surface area contributed by atoms with Crippen molar-refractivity contribution in [2.75, 3.05) is 0 Å². The quantitative estimate of drug-likeness (QED) is 0.819. The van der Waals surface area contributed by atoms with Gasteiger partial charge in [-0.3, -0.25) is 9.97 Å². The smallest absolute Gasteiger partial charge is 0.338 e. The van der Waals surface area contributed by atoms with Crippen LogP contribution in [-0.2, 0) is 19.5 Å². The number of hydrogen-bond donors (Lipinski definition) is 2. The molecule has 0 saturated carbocycles. The number of aromatic nitrogens is 2. The van der Waals surface area contributed by atoms with Gasteiger partial charge in [0.05, 0.1) is 11.3 Å². The zero-order chi connectivity index (χ0) is 13.1. The van der Waals surface area contributed by atoms with Crippen LogP contribution in [0.4, 0.5) is 0 Å². The summed E-state index contributed by atoms with van der Waals surface area (Å²) in [5, 5.41) is 18.1. The van der Waals surface area contributed by atoms with Gasteiger partial charge in [-0.25, -0.2) is 9.59 Å². The number of rotatable bonds is 3. The van der Waals surface area contributed by atoms with Crippen LogP contribution in [0.2, 0.25) is 0 Å². The minimum absolute atomic E-state index is 0. The zero-order valence-corrected chi connectivity index (χ0v) is 11.2. The third-order valence-corrected chi connectivity index (χ3v) is 2.30. The van der Waals surface area contributed by atoms with E-state index in [-0.39, 0.29) is 36.3 Å². The van der Waals surface area contributed by atoms with E-state index in [2.05, 4.69) is 9.97 Å². The molecule has 0 saturated heterocycles. The summed E-state index contributed by atoms with van der Waals surface area (Å²) < 4.78 is 0. The van der Waals surface area contributed by atoms with Crippen molar-refractivity contribution in [3.63, 3.8) is 0 Å². The van der Waals surface area contributed by atoms with Crippen LogP contribution >= 0.6 is 0 Å². The van der Waals surface area contributed by atoms with Crippen LogP contribution in [-0.4, -0.2) is 32.1 Å². The molecule has 19 heavy (non-hydrogen) atoms. The fourth-order valence-electron chi connectivity index (χ4n) is 1.55. The van der Waals surface area contributed by atoms with Crippen LogP contribution in [0, 0.1) is 0 Å². The Morgan fingerprint density at radius 2 is 1.68 bits per heavy atom. The Kier molecular flexibility index (Phi) is 4.83. The van der Waals surface area contributed by atoms with Crippen LogP contribution in [0.3, 0.4) is 0 Å². The molecule has 0 unspecified atom stereocenters. The van der Waals surface area contributed by atoms with Crippen molar-refractivity contribution < 1.29 is 39.3 Å². The molecule has 0 aliphatic heterocycles. The SMILES string of the molecule is O=C(O)c1ccnc(-c2ccccn2)c1C(=O)O.[Ru]. The standard InChI is InChI=1S/C12H8N2O4.Ru/c15-11(16)7-4-6-14-10(9(7)12(17)18)8-3-1-2-5-13-8;/h1-6H,(H,15,16)(H,17,18);. The summed E-state index contributed by atoms with van der Waals surface area (Å²) in [4.78, 5) is 30.1. The van der Waals surface area contributed by atoms with E-state index in [4.69, 9.17) is 10.2 Å². The fourth-order valence-corrected chi connectivity index (χ4v) is 1.55. The van der Waals surface area contributed by atoms with E-state index >= 15 is 0 Å². The molecule has 0 aliphatic carbocycles. The van der Waals surface area contributed by atoms with E-state index in [1.807, 2.05) is 0 Å². The van der Waals surface area contributed by atoms with Gasteiger partial charge in [0.25, 0.3) is 0 Å². The van der Waals surface area contributed by atoms with Crippen molar-refractivity contribution in [1.29, 1.82) is 0 Å². The minimum Gasteiger partial charge on any atom is -0.478 e. The van der Waals surface area contributed by atoms with E-state index in [0.29, 0.717) is 5.69 Å². The van der Waals surface area contributed by atoms with Crippen LogP contribution < -0.4 is 0 Å². The molecule has 0 spiro atoms. The topological polar surface area (TPSA) is 100 Å². The number of nitrogens with zero attached hydrogens (tertiary/aromatic N) is 2. The van der Waals surface area contributed by atoms with Gasteiger partial charge in [0.1, 0.15) is 11.3 Å². The molecule has 0 amide bonds. The first-order valence-electron chi connectivity index (χ1n) is 4.98. The van der Waals surface area contributed by atoms with Gasteiger partial charge in [-0.15, -0.1) is 0 Å². The number of hydrogen-bond acceptors (Lipinski definition) is 4. The minimum atomic E-state index is -1.35. The maximum absolute atomic E-state index is 11.2. The predicted octanol–water partition coefficient (Wildman–Crippen LogP) is 1.54. The van der Waals surface area contributed by atoms with Crippen molar-refractivity contribution in [1.82, 2.24) is 9.97 Å². The first-order chi connectivity index (χ1) is 8.61. The Hall–Kier alpha value is -2.14. The zero-order valence-electron chi connectivity index (χ0n) is 9.42. The van der Waals surface area contributed by atoms with Crippen molar-refractivity contribution in [2.45, 2.75) is 0 Å². The van der Waals surface area contributed by atoms with E-state index in [0.717, 1.165) is 6.07 Å². The molecular weight excluding hydrogens is 337 g/mol. The van der Waals surface area contributed by atoms with Crippen molar-refractivity contribution in [3.05, 3.63) is 47.8 Å². The van der Waals surface area contributed by atoms with Crippen LogP contribution in [0.1, 0.15) is 20.7 Å². The number of carboxylic acid groups (broad SMARTS) is 2. The second-order valence-electron chi connectivity index (χ2n) is 3.41. The van der Waals surface area contributed by atoms with Crippen molar-refractivity contribution in [3.8, 4) is 11.4 Å². The third-order valence-electron chi connectivity index (χ3n) is 2.30. The van der Waals surface area contributed by atoms with Gasteiger partial charge in [-0.1, -0.05) is 6.07 Å². The van der Waals surface area contributed by atoms with E-state index in [1.54, 1.807) is 18.2 Å². The number of pyridine rings is 2. The Labute approximate surface area is 120 Å². The van der Waals surface area contributed by atoms with Crippen molar-refractivity contribution in [2.24, 2.45) is 0 Å². The van der Waals surface area contributed by atoms with Crippen LogP contribution in [0.15, 0.2) is 36.7 Å². The van der Waals surface area contributed by atoms with Crippen LogP contribution in [0.5, 0.6) is 0 Å². The summed E-state index contributed by atoms with van der Waals surface area (Å²) in [6.45, 7) is 0. The Bertz CT molecular complexity index is 616. The first-order valence-corrected chi connectivity index (χ1v) is 4.98. The second kappa shape index (κ2) is 6.15. The number of carboxylic acids is 2. The van der Waals surface area contributed by atoms with Gasteiger partial charge < -0.3 is 10.2 Å². The number of carbonyl (C=O) groups is 2. The van der Waals surface area contributed by atoms with Gasteiger partial charge in [0, 0.05) is 31.9 Å². The third kappa shape index (κ3) is 3.00. The maximum atomic E-state index is 11.2. The summed E-state index contributed by atoms with van der Waals surface area (Å²) in [7, 11) is 0. The summed E-state index contributed by atoms with van der Waals surface area (Å²) in [6.07, 6.45) is 2.73. The summed E-state index contributed by atoms with van der Waals surface area (Å²) >= 11 is 0. The molecule has 2 rings (SSSR count). The second-order valence-corrected chi connectivity index (χ2v) is 3.41. The van der Waals surface area contributed by atoms with Crippen LogP contribution in [0.25, 0.3) is 11.4 Å². The number of aromatic carboxylic acids is 2. The Balaban J connectivity index is 0.00000180. The Morgan fingerprint density at radius 3 is 2.21 bits per heavy atom. The van der Waals surface area contributed by atoms with E-state index in [1.165, 1.54) is 12.4 Å². The molecular formula is C12H8N2O4Ru. The molecule has 0 aromatic carbocycles. The molecule has 0 radical (unpaired) electrons.